The Labute approximate surface area is 148 Å². The first kappa shape index (κ1) is 17.4. The van der Waals surface area contributed by atoms with Crippen LogP contribution in [-0.2, 0) is 20.9 Å². The third-order valence-corrected chi connectivity index (χ3v) is 5.05. The van der Waals surface area contributed by atoms with Crippen molar-refractivity contribution in [1.29, 1.82) is 0 Å². The number of carbonyl (C=O) groups is 2. The number of likely N-dealkylation sites (tertiary alicyclic amines) is 1. The van der Waals surface area contributed by atoms with E-state index < -0.39 is 5.76 Å². The monoisotopic (exact) mass is 365 g/mol. The fourth-order valence-corrected chi connectivity index (χ4v) is 3.56. The van der Waals surface area contributed by atoms with E-state index in [0.717, 1.165) is 4.88 Å². The SMILES string of the molecule is CCOC(=O)C1CCN(C(=O)Cn2c(-c3cccs3)noc2=O)CC1. The van der Waals surface area contributed by atoms with E-state index in [4.69, 9.17) is 9.26 Å². The van der Waals surface area contributed by atoms with E-state index in [9.17, 15) is 14.4 Å². The molecule has 1 aliphatic heterocycles. The van der Waals surface area contributed by atoms with E-state index in [-0.39, 0.29) is 24.3 Å². The van der Waals surface area contributed by atoms with Crippen LogP contribution >= 0.6 is 11.3 Å². The summed E-state index contributed by atoms with van der Waals surface area (Å²) in [4.78, 5) is 38.6. The minimum atomic E-state index is -0.654. The lowest BCUT2D eigenvalue weighted by Gasteiger charge is -2.30. The second-order valence-electron chi connectivity index (χ2n) is 5.74. The van der Waals surface area contributed by atoms with Crippen LogP contribution in [0.15, 0.2) is 26.8 Å². The topological polar surface area (TPSA) is 94.6 Å². The minimum absolute atomic E-state index is 0.125. The molecule has 2 aromatic rings. The van der Waals surface area contributed by atoms with Crippen LogP contribution in [0.3, 0.4) is 0 Å². The number of hydrogen-bond donors (Lipinski definition) is 0. The molecule has 1 aliphatic rings. The zero-order chi connectivity index (χ0) is 17.8. The molecule has 25 heavy (non-hydrogen) atoms. The van der Waals surface area contributed by atoms with Crippen LogP contribution in [0.4, 0.5) is 0 Å². The number of esters is 1. The number of piperidine rings is 1. The van der Waals surface area contributed by atoms with Crippen LogP contribution in [0.25, 0.3) is 10.7 Å². The molecule has 0 atom stereocenters. The average Bonchev–Trinajstić information content (AvgIpc) is 3.26. The quantitative estimate of drug-likeness (QED) is 0.743. The molecule has 0 spiro atoms. The molecule has 0 bridgehead atoms. The molecule has 0 saturated carbocycles. The number of carbonyl (C=O) groups excluding carboxylic acids is 2. The van der Waals surface area contributed by atoms with Gasteiger partial charge in [-0.05, 0) is 31.2 Å². The maximum Gasteiger partial charge on any atom is 0.442 e. The number of aromatic nitrogens is 2. The lowest BCUT2D eigenvalue weighted by Crippen LogP contribution is -2.42. The summed E-state index contributed by atoms with van der Waals surface area (Å²) in [5, 5.41) is 5.63. The first-order valence-corrected chi connectivity index (χ1v) is 9.03. The summed E-state index contributed by atoms with van der Waals surface area (Å²) < 4.78 is 11.0. The Morgan fingerprint density at radius 3 is 2.80 bits per heavy atom. The molecule has 1 amide bonds. The summed E-state index contributed by atoms with van der Waals surface area (Å²) in [6, 6.07) is 3.65. The summed E-state index contributed by atoms with van der Waals surface area (Å²) in [6.07, 6.45) is 1.14. The van der Waals surface area contributed by atoms with Gasteiger partial charge in [0, 0.05) is 13.1 Å². The summed E-state index contributed by atoms with van der Waals surface area (Å²) >= 11 is 1.42. The van der Waals surface area contributed by atoms with E-state index in [1.165, 1.54) is 15.9 Å². The van der Waals surface area contributed by atoms with Gasteiger partial charge in [-0.15, -0.1) is 11.3 Å². The van der Waals surface area contributed by atoms with Crippen LogP contribution in [0.5, 0.6) is 0 Å². The molecule has 8 nitrogen and oxygen atoms in total. The number of thiophene rings is 1. The molecule has 2 aromatic heterocycles. The Morgan fingerprint density at radius 1 is 1.40 bits per heavy atom. The highest BCUT2D eigenvalue weighted by Gasteiger charge is 2.29. The smallest absolute Gasteiger partial charge is 0.442 e. The Bertz CT molecular complexity index is 787. The van der Waals surface area contributed by atoms with Crippen molar-refractivity contribution in [2.75, 3.05) is 19.7 Å². The third-order valence-electron chi connectivity index (χ3n) is 4.19. The van der Waals surface area contributed by atoms with Crippen molar-refractivity contribution >= 4 is 23.2 Å². The predicted molar refractivity (Wildman–Crippen MR) is 90.0 cm³/mol. The summed E-state index contributed by atoms with van der Waals surface area (Å²) in [6.45, 7) is 2.95. The second kappa shape index (κ2) is 7.64. The molecular formula is C16H19N3O5S. The van der Waals surface area contributed by atoms with Crippen LogP contribution in [0.1, 0.15) is 19.8 Å². The van der Waals surface area contributed by atoms with Gasteiger partial charge in [0.05, 0.1) is 17.4 Å². The first-order chi connectivity index (χ1) is 12.1. The summed E-state index contributed by atoms with van der Waals surface area (Å²) in [5.74, 6) is -0.854. The van der Waals surface area contributed by atoms with E-state index in [1.54, 1.807) is 11.8 Å². The zero-order valence-corrected chi connectivity index (χ0v) is 14.7. The van der Waals surface area contributed by atoms with Gasteiger partial charge in [-0.1, -0.05) is 11.2 Å². The van der Waals surface area contributed by atoms with E-state index >= 15 is 0 Å². The van der Waals surface area contributed by atoms with Crippen molar-refractivity contribution < 1.29 is 18.8 Å². The molecule has 1 fully saturated rings. The Hall–Kier alpha value is -2.42. The van der Waals surface area contributed by atoms with E-state index in [0.29, 0.717) is 38.4 Å². The lowest BCUT2D eigenvalue weighted by molar-refractivity contribution is -0.151. The minimum Gasteiger partial charge on any atom is -0.466 e. The van der Waals surface area contributed by atoms with Crippen LogP contribution in [-0.4, -0.2) is 46.2 Å². The number of rotatable bonds is 5. The number of amides is 1. The first-order valence-electron chi connectivity index (χ1n) is 8.15. The Morgan fingerprint density at radius 2 is 2.16 bits per heavy atom. The molecule has 3 heterocycles. The molecular weight excluding hydrogens is 346 g/mol. The van der Waals surface area contributed by atoms with Crippen molar-refractivity contribution in [2.24, 2.45) is 5.92 Å². The van der Waals surface area contributed by atoms with Gasteiger partial charge in [-0.25, -0.2) is 9.36 Å². The van der Waals surface area contributed by atoms with Gasteiger partial charge in [0.2, 0.25) is 5.91 Å². The fourth-order valence-electron chi connectivity index (χ4n) is 2.85. The van der Waals surface area contributed by atoms with Gasteiger partial charge in [-0.3, -0.25) is 14.1 Å². The Balaban J connectivity index is 1.64. The number of hydrogen-bond acceptors (Lipinski definition) is 7. The van der Waals surface area contributed by atoms with Gasteiger partial charge >= 0.3 is 11.7 Å². The van der Waals surface area contributed by atoms with Crippen LogP contribution in [0.2, 0.25) is 0 Å². The molecule has 0 aliphatic carbocycles. The Kier molecular flexibility index (Phi) is 5.32. The van der Waals surface area contributed by atoms with Crippen LogP contribution < -0.4 is 5.76 Å². The molecule has 0 N–H and O–H groups in total. The highest BCUT2D eigenvalue weighted by molar-refractivity contribution is 7.13. The van der Waals surface area contributed by atoms with Crippen molar-refractivity contribution in [3.63, 3.8) is 0 Å². The molecule has 1 saturated heterocycles. The fraction of sp³-hybridized carbons (Fsp3) is 0.500. The largest absolute Gasteiger partial charge is 0.466 e. The maximum absolute atomic E-state index is 12.5. The van der Waals surface area contributed by atoms with Crippen molar-refractivity contribution in [1.82, 2.24) is 14.6 Å². The summed E-state index contributed by atoms with van der Waals surface area (Å²) in [5.41, 5.74) is 0. The molecule has 0 aromatic carbocycles. The van der Waals surface area contributed by atoms with Crippen LogP contribution in [0, 0.1) is 5.92 Å². The molecule has 3 rings (SSSR count). The van der Waals surface area contributed by atoms with Crippen molar-refractivity contribution in [3.8, 4) is 10.7 Å². The maximum atomic E-state index is 12.5. The van der Waals surface area contributed by atoms with E-state index in [2.05, 4.69) is 5.16 Å². The van der Waals surface area contributed by atoms with Crippen molar-refractivity contribution in [3.05, 3.63) is 28.1 Å². The summed E-state index contributed by atoms with van der Waals surface area (Å²) in [7, 11) is 0. The highest BCUT2D eigenvalue weighted by Crippen LogP contribution is 2.22. The second-order valence-corrected chi connectivity index (χ2v) is 6.69. The lowest BCUT2D eigenvalue weighted by atomic mass is 9.97. The molecule has 0 unspecified atom stereocenters. The van der Waals surface area contributed by atoms with Gasteiger partial charge in [-0.2, -0.15) is 0 Å². The average molecular weight is 365 g/mol. The van der Waals surface area contributed by atoms with Gasteiger partial charge in [0.15, 0.2) is 5.82 Å². The van der Waals surface area contributed by atoms with Gasteiger partial charge in [0.1, 0.15) is 6.54 Å². The van der Waals surface area contributed by atoms with Gasteiger partial charge in [0.25, 0.3) is 0 Å². The molecule has 9 heteroatoms. The number of ether oxygens (including phenoxy) is 1. The van der Waals surface area contributed by atoms with Crippen molar-refractivity contribution in [2.45, 2.75) is 26.3 Å². The highest BCUT2D eigenvalue weighted by atomic mass is 32.1. The normalized spacial score (nSPS) is 15.3. The molecule has 134 valence electrons. The van der Waals surface area contributed by atoms with E-state index in [1.807, 2.05) is 17.5 Å². The standard InChI is InChI=1S/C16H19N3O5S/c1-2-23-15(21)11-5-7-18(8-6-11)13(20)10-19-14(17-24-16(19)22)12-4-3-9-25-12/h3-4,9,11H,2,5-8,10H2,1H3. The zero-order valence-electron chi connectivity index (χ0n) is 13.8. The molecule has 0 radical (unpaired) electrons. The van der Waals surface area contributed by atoms with Gasteiger partial charge < -0.3 is 9.64 Å². The predicted octanol–water partition coefficient (Wildman–Crippen LogP) is 1.37. The number of nitrogens with zero attached hydrogens (tertiary/aromatic N) is 3. The third kappa shape index (κ3) is 3.81.